The maximum atomic E-state index is 12.6. The first-order chi connectivity index (χ1) is 13.0. The summed E-state index contributed by atoms with van der Waals surface area (Å²) in [4.78, 5) is 14.5. The molecule has 2 aromatic rings. The Hall–Kier alpha value is -2.54. The van der Waals surface area contributed by atoms with Crippen molar-refractivity contribution in [3.63, 3.8) is 0 Å². The number of nitrogens with zero attached hydrogens (tertiary/aromatic N) is 1. The van der Waals surface area contributed by atoms with Crippen molar-refractivity contribution in [3.8, 4) is 5.75 Å². The molecule has 2 amide bonds. The Kier molecular flexibility index (Phi) is 6.01. The molecule has 1 unspecified atom stereocenters. The van der Waals surface area contributed by atoms with Gasteiger partial charge in [-0.15, -0.1) is 0 Å². The van der Waals surface area contributed by atoms with Gasteiger partial charge in [0, 0.05) is 19.1 Å². The predicted octanol–water partition coefficient (Wildman–Crippen LogP) is 2.84. The molecule has 0 saturated carbocycles. The number of carbonyl (C=O) groups is 1. The molecule has 0 aromatic heterocycles. The number of hydrogen-bond donors (Lipinski definition) is 1. The standard InChI is InChI=1S/C20H24N2O4S/c1-26-18-11-9-16(10-12-18)14-21-20(23)22-13-5-6-17(22)15-27(24,25)19-7-3-2-4-8-19/h2-4,7-12,17H,5-6,13-15H2,1H3,(H,21,23). The molecular weight excluding hydrogens is 364 g/mol. The van der Waals surface area contributed by atoms with Crippen LogP contribution in [-0.4, -0.2) is 44.8 Å². The van der Waals surface area contributed by atoms with Crippen molar-refractivity contribution in [2.75, 3.05) is 19.4 Å². The van der Waals surface area contributed by atoms with Gasteiger partial charge in [-0.05, 0) is 42.7 Å². The molecule has 0 spiro atoms. The molecular formula is C20H24N2O4S. The third kappa shape index (κ3) is 4.80. The van der Waals surface area contributed by atoms with Gasteiger partial charge >= 0.3 is 6.03 Å². The molecule has 0 bridgehead atoms. The molecule has 7 heteroatoms. The number of sulfone groups is 1. The smallest absolute Gasteiger partial charge is 0.317 e. The van der Waals surface area contributed by atoms with Gasteiger partial charge in [0.2, 0.25) is 0 Å². The van der Waals surface area contributed by atoms with Crippen LogP contribution in [-0.2, 0) is 16.4 Å². The van der Waals surface area contributed by atoms with E-state index in [0.717, 1.165) is 17.7 Å². The number of benzene rings is 2. The maximum absolute atomic E-state index is 12.6. The number of carbonyl (C=O) groups excluding carboxylic acids is 1. The fraction of sp³-hybridized carbons (Fsp3) is 0.350. The van der Waals surface area contributed by atoms with Crippen molar-refractivity contribution in [1.29, 1.82) is 0 Å². The lowest BCUT2D eigenvalue weighted by atomic mass is 10.2. The molecule has 1 fully saturated rings. The van der Waals surface area contributed by atoms with Gasteiger partial charge < -0.3 is 15.0 Å². The second-order valence-corrected chi connectivity index (χ2v) is 8.62. The highest BCUT2D eigenvalue weighted by molar-refractivity contribution is 7.91. The number of hydrogen-bond acceptors (Lipinski definition) is 4. The Labute approximate surface area is 160 Å². The topological polar surface area (TPSA) is 75.7 Å². The van der Waals surface area contributed by atoms with Crippen molar-refractivity contribution in [1.82, 2.24) is 10.2 Å². The highest BCUT2D eigenvalue weighted by Gasteiger charge is 2.32. The van der Waals surface area contributed by atoms with Crippen molar-refractivity contribution >= 4 is 15.9 Å². The summed E-state index contributed by atoms with van der Waals surface area (Å²) in [5.41, 5.74) is 0.955. The lowest BCUT2D eigenvalue weighted by molar-refractivity contribution is 0.196. The molecule has 1 saturated heterocycles. The Morgan fingerprint density at radius 3 is 2.52 bits per heavy atom. The number of amides is 2. The molecule has 144 valence electrons. The lowest BCUT2D eigenvalue weighted by Gasteiger charge is -2.25. The zero-order valence-electron chi connectivity index (χ0n) is 15.3. The zero-order valence-corrected chi connectivity index (χ0v) is 16.1. The minimum absolute atomic E-state index is 0.0486. The fourth-order valence-corrected chi connectivity index (χ4v) is 4.89. The van der Waals surface area contributed by atoms with Gasteiger partial charge in [0.15, 0.2) is 9.84 Å². The number of rotatable bonds is 6. The van der Waals surface area contributed by atoms with Crippen LogP contribution in [0.15, 0.2) is 59.5 Å². The molecule has 1 N–H and O–H groups in total. The van der Waals surface area contributed by atoms with Gasteiger partial charge in [0.25, 0.3) is 0 Å². The summed E-state index contributed by atoms with van der Waals surface area (Å²) in [6, 6.07) is 15.3. The molecule has 1 heterocycles. The second-order valence-electron chi connectivity index (χ2n) is 6.59. The molecule has 0 radical (unpaired) electrons. The Morgan fingerprint density at radius 2 is 1.85 bits per heavy atom. The van der Waals surface area contributed by atoms with Gasteiger partial charge in [-0.1, -0.05) is 30.3 Å². The number of methoxy groups -OCH3 is 1. The van der Waals surface area contributed by atoms with Gasteiger partial charge in [0.05, 0.1) is 17.8 Å². The van der Waals surface area contributed by atoms with Crippen LogP contribution in [0.1, 0.15) is 18.4 Å². The number of ether oxygens (including phenoxy) is 1. The fourth-order valence-electron chi connectivity index (χ4n) is 3.28. The monoisotopic (exact) mass is 388 g/mol. The Morgan fingerprint density at radius 1 is 1.15 bits per heavy atom. The van der Waals surface area contributed by atoms with E-state index in [-0.39, 0.29) is 17.8 Å². The summed E-state index contributed by atoms with van der Waals surface area (Å²) in [6.07, 6.45) is 1.51. The van der Waals surface area contributed by atoms with Crippen LogP contribution in [0.3, 0.4) is 0 Å². The molecule has 2 aromatic carbocycles. The maximum Gasteiger partial charge on any atom is 0.317 e. The Balaban J connectivity index is 1.60. The number of likely N-dealkylation sites (tertiary alicyclic amines) is 1. The van der Waals surface area contributed by atoms with E-state index in [1.165, 1.54) is 0 Å². The first-order valence-corrected chi connectivity index (χ1v) is 10.6. The van der Waals surface area contributed by atoms with Crippen LogP contribution in [0.25, 0.3) is 0 Å². The number of nitrogens with one attached hydrogen (secondary N) is 1. The Bertz CT molecular complexity index is 867. The average molecular weight is 388 g/mol. The van der Waals surface area contributed by atoms with Crippen molar-refractivity contribution in [3.05, 3.63) is 60.2 Å². The lowest BCUT2D eigenvalue weighted by Crippen LogP contribution is -2.45. The van der Waals surface area contributed by atoms with Gasteiger partial charge in [-0.2, -0.15) is 0 Å². The summed E-state index contributed by atoms with van der Waals surface area (Å²) in [6.45, 7) is 0.959. The SMILES string of the molecule is COc1ccc(CNC(=O)N2CCCC2CS(=O)(=O)c2ccccc2)cc1. The average Bonchev–Trinajstić information content (AvgIpc) is 3.14. The molecule has 1 atom stereocenters. The molecule has 1 aliphatic heterocycles. The van der Waals surface area contributed by atoms with E-state index in [1.807, 2.05) is 24.3 Å². The normalized spacial score (nSPS) is 16.9. The van der Waals surface area contributed by atoms with E-state index in [9.17, 15) is 13.2 Å². The van der Waals surface area contributed by atoms with Crippen LogP contribution in [0.5, 0.6) is 5.75 Å². The quantitative estimate of drug-likeness (QED) is 0.826. The van der Waals surface area contributed by atoms with Crippen molar-refractivity contribution in [2.24, 2.45) is 0 Å². The molecule has 1 aliphatic rings. The number of urea groups is 1. The van der Waals surface area contributed by atoms with E-state index in [0.29, 0.717) is 24.4 Å². The third-order valence-electron chi connectivity index (χ3n) is 4.75. The molecule has 0 aliphatic carbocycles. The third-order valence-corrected chi connectivity index (χ3v) is 6.57. The van der Waals surface area contributed by atoms with E-state index < -0.39 is 9.84 Å². The molecule has 6 nitrogen and oxygen atoms in total. The first-order valence-electron chi connectivity index (χ1n) is 8.95. The predicted molar refractivity (Wildman–Crippen MR) is 103 cm³/mol. The van der Waals surface area contributed by atoms with Crippen LogP contribution in [0, 0.1) is 0 Å². The summed E-state index contributed by atoms with van der Waals surface area (Å²) >= 11 is 0. The molecule has 27 heavy (non-hydrogen) atoms. The summed E-state index contributed by atoms with van der Waals surface area (Å²) in [5.74, 6) is 0.711. The van der Waals surface area contributed by atoms with E-state index >= 15 is 0 Å². The highest BCUT2D eigenvalue weighted by atomic mass is 32.2. The van der Waals surface area contributed by atoms with Crippen LogP contribution >= 0.6 is 0 Å². The van der Waals surface area contributed by atoms with Crippen LogP contribution in [0.4, 0.5) is 4.79 Å². The van der Waals surface area contributed by atoms with Gasteiger partial charge in [-0.3, -0.25) is 0 Å². The summed E-state index contributed by atoms with van der Waals surface area (Å²) in [7, 11) is -1.82. The summed E-state index contributed by atoms with van der Waals surface area (Å²) < 4.78 is 30.4. The largest absolute Gasteiger partial charge is 0.497 e. The highest BCUT2D eigenvalue weighted by Crippen LogP contribution is 2.22. The van der Waals surface area contributed by atoms with E-state index in [1.54, 1.807) is 42.3 Å². The van der Waals surface area contributed by atoms with Crippen LogP contribution in [0.2, 0.25) is 0 Å². The van der Waals surface area contributed by atoms with E-state index in [4.69, 9.17) is 4.74 Å². The van der Waals surface area contributed by atoms with E-state index in [2.05, 4.69) is 5.32 Å². The van der Waals surface area contributed by atoms with Crippen molar-refractivity contribution < 1.29 is 17.9 Å². The van der Waals surface area contributed by atoms with Gasteiger partial charge in [0.1, 0.15) is 5.75 Å². The molecule has 3 rings (SSSR count). The van der Waals surface area contributed by atoms with Crippen molar-refractivity contribution in [2.45, 2.75) is 30.3 Å². The minimum atomic E-state index is -3.42. The van der Waals surface area contributed by atoms with Gasteiger partial charge in [-0.25, -0.2) is 13.2 Å². The summed E-state index contributed by atoms with van der Waals surface area (Å²) in [5, 5.41) is 2.89. The second kappa shape index (κ2) is 8.43. The van der Waals surface area contributed by atoms with Crippen LogP contribution < -0.4 is 10.1 Å². The zero-order chi connectivity index (χ0) is 19.3. The minimum Gasteiger partial charge on any atom is -0.497 e. The first kappa shape index (κ1) is 19.2.